The Morgan fingerprint density at radius 2 is 1.70 bits per heavy atom. The highest BCUT2D eigenvalue weighted by molar-refractivity contribution is 6.12. The second-order valence-electron chi connectivity index (χ2n) is 5.09. The van der Waals surface area contributed by atoms with Crippen molar-refractivity contribution in [3.05, 3.63) is 70.8 Å². The van der Waals surface area contributed by atoms with Gasteiger partial charge in [-0.1, -0.05) is 29.8 Å². The molecule has 0 fully saturated rings. The van der Waals surface area contributed by atoms with Crippen LogP contribution in [0.15, 0.2) is 42.5 Å². The van der Waals surface area contributed by atoms with Crippen molar-refractivity contribution in [3.63, 3.8) is 0 Å². The maximum Gasteiger partial charge on any atom is 0.321 e. The van der Waals surface area contributed by atoms with Gasteiger partial charge in [-0.05, 0) is 37.6 Å². The van der Waals surface area contributed by atoms with Crippen molar-refractivity contribution in [2.24, 2.45) is 0 Å². The van der Waals surface area contributed by atoms with Crippen molar-refractivity contribution >= 4 is 11.8 Å². The minimum atomic E-state index is -1.21. The number of carbonyl (C=O) groups is 2. The normalized spacial score (nSPS) is 11.8. The van der Waals surface area contributed by atoms with Gasteiger partial charge in [0.25, 0.3) is 0 Å². The van der Waals surface area contributed by atoms with Gasteiger partial charge < -0.3 is 4.74 Å². The third kappa shape index (κ3) is 3.80. The molecule has 1 atom stereocenters. The molecule has 23 heavy (non-hydrogen) atoms. The van der Waals surface area contributed by atoms with E-state index in [0.717, 1.165) is 23.8 Å². The van der Waals surface area contributed by atoms with Crippen LogP contribution >= 0.6 is 0 Å². The van der Waals surface area contributed by atoms with Crippen LogP contribution in [0.4, 0.5) is 8.78 Å². The van der Waals surface area contributed by atoms with Crippen molar-refractivity contribution < 1.29 is 23.1 Å². The SMILES string of the molecule is CCOC(=O)[C@@H](C(=O)c1ccc(F)c(F)c1)c1ccc(C)cc1. The smallest absolute Gasteiger partial charge is 0.321 e. The van der Waals surface area contributed by atoms with Crippen LogP contribution < -0.4 is 0 Å². The number of hydrogen-bond acceptors (Lipinski definition) is 3. The van der Waals surface area contributed by atoms with Gasteiger partial charge in [0.05, 0.1) is 6.61 Å². The molecular weight excluding hydrogens is 302 g/mol. The van der Waals surface area contributed by atoms with Crippen LogP contribution in [0, 0.1) is 18.6 Å². The Morgan fingerprint density at radius 1 is 1.04 bits per heavy atom. The molecule has 0 saturated heterocycles. The molecule has 2 aromatic rings. The lowest BCUT2D eigenvalue weighted by atomic mass is 9.90. The quantitative estimate of drug-likeness (QED) is 0.478. The van der Waals surface area contributed by atoms with Gasteiger partial charge in [0.1, 0.15) is 5.92 Å². The lowest BCUT2D eigenvalue weighted by Gasteiger charge is -2.15. The summed E-state index contributed by atoms with van der Waals surface area (Å²) in [6.45, 7) is 3.62. The van der Waals surface area contributed by atoms with Crippen LogP contribution in [0.5, 0.6) is 0 Å². The number of rotatable bonds is 5. The fraction of sp³-hybridized carbons (Fsp3) is 0.222. The van der Waals surface area contributed by atoms with Gasteiger partial charge in [-0.15, -0.1) is 0 Å². The predicted molar refractivity (Wildman–Crippen MR) is 81.2 cm³/mol. The van der Waals surface area contributed by atoms with Crippen molar-refractivity contribution in [3.8, 4) is 0 Å². The van der Waals surface area contributed by atoms with Gasteiger partial charge in [-0.25, -0.2) is 8.78 Å². The minimum Gasteiger partial charge on any atom is -0.465 e. The Labute approximate surface area is 132 Å². The molecule has 0 radical (unpaired) electrons. The number of aryl methyl sites for hydroxylation is 1. The summed E-state index contributed by atoms with van der Waals surface area (Å²) in [4.78, 5) is 24.8. The first-order chi connectivity index (χ1) is 10.9. The van der Waals surface area contributed by atoms with Crippen molar-refractivity contribution in [1.29, 1.82) is 0 Å². The molecule has 0 aromatic heterocycles. The average Bonchev–Trinajstić information content (AvgIpc) is 2.52. The van der Waals surface area contributed by atoms with Crippen molar-refractivity contribution in [1.82, 2.24) is 0 Å². The van der Waals surface area contributed by atoms with Crippen LogP contribution in [-0.2, 0) is 9.53 Å². The fourth-order valence-electron chi connectivity index (χ4n) is 2.20. The topological polar surface area (TPSA) is 43.4 Å². The van der Waals surface area contributed by atoms with Crippen molar-refractivity contribution in [2.45, 2.75) is 19.8 Å². The molecular formula is C18H16F2O3. The molecule has 0 N–H and O–H groups in total. The molecule has 2 rings (SSSR count). The van der Waals surface area contributed by atoms with E-state index in [4.69, 9.17) is 4.74 Å². The number of halogens is 2. The van der Waals surface area contributed by atoms with E-state index in [9.17, 15) is 18.4 Å². The number of benzene rings is 2. The highest BCUT2D eigenvalue weighted by atomic mass is 19.2. The number of hydrogen-bond donors (Lipinski definition) is 0. The molecule has 0 amide bonds. The monoisotopic (exact) mass is 318 g/mol. The highest BCUT2D eigenvalue weighted by Crippen LogP contribution is 2.24. The Kier molecular flexibility index (Phi) is 5.21. The molecule has 0 aliphatic heterocycles. The maximum absolute atomic E-state index is 13.4. The summed E-state index contributed by atoms with van der Waals surface area (Å²) in [6, 6.07) is 9.63. The van der Waals surface area contributed by atoms with E-state index in [1.807, 2.05) is 6.92 Å². The summed E-state index contributed by atoms with van der Waals surface area (Å²) in [5, 5.41) is 0. The number of carbonyl (C=O) groups excluding carboxylic acids is 2. The Hall–Kier alpha value is -2.56. The van der Waals surface area contributed by atoms with Gasteiger partial charge in [0.2, 0.25) is 0 Å². The molecule has 3 nitrogen and oxygen atoms in total. The van der Waals surface area contributed by atoms with Crippen LogP contribution in [0.1, 0.15) is 34.3 Å². The minimum absolute atomic E-state index is 0.0810. The highest BCUT2D eigenvalue weighted by Gasteiger charge is 2.31. The first kappa shape index (κ1) is 16.8. The predicted octanol–water partition coefficient (Wildman–Crippen LogP) is 3.80. The summed E-state index contributed by atoms with van der Waals surface area (Å²) in [6.07, 6.45) is 0. The largest absolute Gasteiger partial charge is 0.465 e. The zero-order valence-electron chi connectivity index (χ0n) is 12.8. The average molecular weight is 318 g/mol. The molecule has 0 aliphatic rings. The van der Waals surface area contributed by atoms with Gasteiger partial charge in [0, 0.05) is 5.56 Å². The van der Waals surface area contributed by atoms with E-state index in [2.05, 4.69) is 0 Å². The first-order valence-corrected chi connectivity index (χ1v) is 7.16. The zero-order chi connectivity index (χ0) is 17.0. The third-order valence-corrected chi connectivity index (χ3v) is 3.40. The van der Waals surface area contributed by atoms with Gasteiger partial charge in [-0.3, -0.25) is 9.59 Å². The van der Waals surface area contributed by atoms with Gasteiger partial charge >= 0.3 is 5.97 Å². The molecule has 120 valence electrons. The molecule has 0 saturated carbocycles. The fourth-order valence-corrected chi connectivity index (χ4v) is 2.20. The zero-order valence-corrected chi connectivity index (χ0v) is 12.8. The lowest BCUT2D eigenvalue weighted by molar-refractivity contribution is -0.143. The van der Waals surface area contributed by atoms with Crippen LogP contribution in [-0.4, -0.2) is 18.4 Å². The number of ether oxygens (including phenoxy) is 1. The lowest BCUT2D eigenvalue weighted by Crippen LogP contribution is -2.24. The van der Waals surface area contributed by atoms with Gasteiger partial charge in [0.15, 0.2) is 17.4 Å². The molecule has 2 aromatic carbocycles. The Balaban J connectivity index is 2.43. The first-order valence-electron chi connectivity index (χ1n) is 7.16. The van der Waals surface area contributed by atoms with E-state index in [1.54, 1.807) is 31.2 Å². The number of Topliss-reactive ketones (excluding diaryl/α,β-unsaturated/α-hetero) is 1. The Bertz CT molecular complexity index is 724. The number of esters is 1. The second kappa shape index (κ2) is 7.13. The standard InChI is InChI=1S/C18H16F2O3/c1-3-23-18(22)16(12-6-4-11(2)5-7-12)17(21)13-8-9-14(19)15(20)10-13/h4-10,16H,3H2,1-2H3/t16-/m1/s1. The molecule has 0 bridgehead atoms. The molecule has 0 heterocycles. The summed E-state index contributed by atoms with van der Waals surface area (Å²) < 4.78 is 31.4. The second-order valence-corrected chi connectivity index (χ2v) is 5.09. The van der Waals surface area contributed by atoms with E-state index in [1.165, 1.54) is 0 Å². The maximum atomic E-state index is 13.4. The third-order valence-electron chi connectivity index (χ3n) is 3.40. The van der Waals surface area contributed by atoms with Crippen LogP contribution in [0.3, 0.4) is 0 Å². The molecule has 0 unspecified atom stereocenters. The molecule has 0 aliphatic carbocycles. The van der Waals surface area contributed by atoms with E-state index in [-0.39, 0.29) is 12.2 Å². The van der Waals surface area contributed by atoms with Crippen molar-refractivity contribution in [2.75, 3.05) is 6.61 Å². The van der Waals surface area contributed by atoms with E-state index in [0.29, 0.717) is 5.56 Å². The Morgan fingerprint density at radius 3 is 2.26 bits per heavy atom. The summed E-state index contributed by atoms with van der Waals surface area (Å²) in [5.74, 6) is -4.75. The van der Waals surface area contributed by atoms with E-state index >= 15 is 0 Å². The van der Waals surface area contributed by atoms with Crippen LogP contribution in [0.2, 0.25) is 0 Å². The summed E-state index contributed by atoms with van der Waals surface area (Å²) in [5.41, 5.74) is 1.34. The molecule has 0 spiro atoms. The summed E-state index contributed by atoms with van der Waals surface area (Å²) >= 11 is 0. The van der Waals surface area contributed by atoms with Gasteiger partial charge in [-0.2, -0.15) is 0 Å². The summed E-state index contributed by atoms with van der Waals surface area (Å²) in [7, 11) is 0. The van der Waals surface area contributed by atoms with E-state index < -0.39 is 29.3 Å². The van der Waals surface area contributed by atoms with Crippen LogP contribution in [0.25, 0.3) is 0 Å². The number of ketones is 1. The molecule has 5 heteroatoms.